The molecule has 1 atom stereocenters. The van der Waals surface area contributed by atoms with Crippen molar-refractivity contribution in [2.45, 2.75) is 25.8 Å². The number of carbonyl (C=O) groups is 1. The monoisotopic (exact) mass is 389 g/mol. The number of carbonyl (C=O) groups excluding carboxylic acids is 1. The summed E-state index contributed by atoms with van der Waals surface area (Å²) in [7, 11) is 0. The van der Waals surface area contributed by atoms with Crippen LogP contribution in [0.15, 0.2) is 84.9 Å². The average Bonchev–Trinajstić information content (AvgIpc) is 2.73. The van der Waals surface area contributed by atoms with Crippen LogP contribution in [0.1, 0.15) is 30.0 Å². The van der Waals surface area contributed by atoms with Crippen LogP contribution < -0.4 is 5.32 Å². The van der Waals surface area contributed by atoms with E-state index in [9.17, 15) is 4.79 Å². The molecular formula is C25H24ClNO. The molecule has 3 aromatic carbocycles. The van der Waals surface area contributed by atoms with E-state index in [2.05, 4.69) is 17.4 Å². The predicted octanol–water partition coefficient (Wildman–Crippen LogP) is 6.02. The summed E-state index contributed by atoms with van der Waals surface area (Å²) in [5.41, 5.74) is 3.59. The van der Waals surface area contributed by atoms with Crippen LogP contribution in [0.3, 0.4) is 0 Å². The molecule has 3 rings (SSSR count). The normalized spacial score (nSPS) is 12.4. The summed E-state index contributed by atoms with van der Waals surface area (Å²) < 4.78 is 0. The van der Waals surface area contributed by atoms with Gasteiger partial charge < -0.3 is 5.32 Å². The highest BCUT2D eigenvalue weighted by molar-refractivity contribution is 6.33. The molecule has 0 radical (unpaired) electrons. The van der Waals surface area contributed by atoms with Crippen molar-refractivity contribution in [3.8, 4) is 0 Å². The number of halogens is 1. The van der Waals surface area contributed by atoms with Gasteiger partial charge in [0, 0.05) is 16.6 Å². The summed E-state index contributed by atoms with van der Waals surface area (Å²) in [5, 5.41) is 3.76. The van der Waals surface area contributed by atoms with Gasteiger partial charge in [0.05, 0.1) is 0 Å². The largest absolute Gasteiger partial charge is 0.350 e. The first kappa shape index (κ1) is 19.9. The summed E-state index contributed by atoms with van der Waals surface area (Å²) in [4.78, 5) is 13.1. The van der Waals surface area contributed by atoms with E-state index in [-0.39, 0.29) is 11.9 Å². The number of nitrogens with one attached hydrogen (secondary N) is 1. The van der Waals surface area contributed by atoms with Crippen molar-refractivity contribution in [1.29, 1.82) is 0 Å². The molecule has 1 N–H and O–H groups in total. The zero-order chi connectivity index (χ0) is 19.8. The van der Waals surface area contributed by atoms with Gasteiger partial charge >= 0.3 is 0 Å². The standard InChI is InChI=1S/C25H24ClNO/c1-19(16-17-20-10-4-2-5-11-20)27-25(28)23(21-12-6-3-7-13-21)18-22-14-8-9-15-24(22)26/h2-15,18-19H,16-17H2,1H3,(H,27,28)/b23-18+/t19-/m1/s1. The summed E-state index contributed by atoms with van der Waals surface area (Å²) in [6, 6.07) is 27.6. The third-order valence-electron chi connectivity index (χ3n) is 4.62. The molecule has 0 aliphatic rings. The Hall–Kier alpha value is -2.84. The molecule has 0 bridgehead atoms. The molecule has 1 amide bonds. The molecule has 3 aromatic rings. The third kappa shape index (κ3) is 5.58. The second kappa shape index (κ2) is 9.91. The van der Waals surface area contributed by atoms with Crippen LogP contribution in [0.4, 0.5) is 0 Å². The van der Waals surface area contributed by atoms with Crippen LogP contribution >= 0.6 is 11.6 Å². The van der Waals surface area contributed by atoms with E-state index in [1.807, 2.05) is 85.8 Å². The van der Waals surface area contributed by atoms with Gasteiger partial charge in [0.1, 0.15) is 0 Å². The number of hydrogen-bond acceptors (Lipinski definition) is 1. The zero-order valence-electron chi connectivity index (χ0n) is 15.9. The summed E-state index contributed by atoms with van der Waals surface area (Å²) in [6.07, 6.45) is 3.66. The topological polar surface area (TPSA) is 29.1 Å². The Morgan fingerprint density at radius 3 is 2.21 bits per heavy atom. The van der Waals surface area contributed by atoms with Gasteiger partial charge in [-0.25, -0.2) is 0 Å². The van der Waals surface area contributed by atoms with Crippen molar-refractivity contribution in [2.24, 2.45) is 0 Å². The lowest BCUT2D eigenvalue weighted by atomic mass is 10.0. The lowest BCUT2D eigenvalue weighted by molar-refractivity contribution is -0.116. The Morgan fingerprint density at radius 2 is 1.54 bits per heavy atom. The van der Waals surface area contributed by atoms with Crippen molar-refractivity contribution in [3.05, 3.63) is 107 Å². The molecule has 2 nitrogen and oxygen atoms in total. The first-order valence-electron chi connectivity index (χ1n) is 9.50. The summed E-state index contributed by atoms with van der Waals surface area (Å²) in [6.45, 7) is 2.04. The molecule has 0 aliphatic carbocycles. The van der Waals surface area contributed by atoms with E-state index in [0.29, 0.717) is 10.6 Å². The van der Waals surface area contributed by atoms with E-state index in [4.69, 9.17) is 11.6 Å². The Morgan fingerprint density at radius 1 is 0.929 bits per heavy atom. The van der Waals surface area contributed by atoms with Crippen LogP contribution in [-0.2, 0) is 11.2 Å². The van der Waals surface area contributed by atoms with Crippen LogP contribution in [0.2, 0.25) is 5.02 Å². The second-order valence-corrected chi connectivity index (χ2v) is 7.25. The van der Waals surface area contributed by atoms with E-state index in [1.165, 1.54) is 5.56 Å². The summed E-state index contributed by atoms with van der Waals surface area (Å²) >= 11 is 6.31. The maximum atomic E-state index is 13.1. The van der Waals surface area contributed by atoms with Crippen molar-refractivity contribution >= 4 is 29.2 Å². The first-order valence-corrected chi connectivity index (χ1v) is 9.87. The van der Waals surface area contributed by atoms with Crippen LogP contribution in [0.5, 0.6) is 0 Å². The quantitative estimate of drug-likeness (QED) is 0.388. The van der Waals surface area contributed by atoms with Crippen molar-refractivity contribution in [2.75, 3.05) is 0 Å². The maximum absolute atomic E-state index is 13.1. The van der Waals surface area contributed by atoms with E-state index < -0.39 is 0 Å². The summed E-state index contributed by atoms with van der Waals surface area (Å²) in [5.74, 6) is -0.0910. The minimum Gasteiger partial charge on any atom is -0.350 e. The minimum atomic E-state index is -0.0910. The number of aryl methyl sites for hydroxylation is 1. The van der Waals surface area contributed by atoms with Gasteiger partial charge in [0.2, 0.25) is 0 Å². The molecule has 0 heterocycles. The van der Waals surface area contributed by atoms with Crippen LogP contribution in [0.25, 0.3) is 11.6 Å². The molecule has 0 aromatic heterocycles. The number of amides is 1. The molecule has 0 saturated heterocycles. The van der Waals surface area contributed by atoms with E-state index in [1.54, 1.807) is 0 Å². The Labute approximate surface area is 171 Å². The average molecular weight is 390 g/mol. The first-order chi connectivity index (χ1) is 13.6. The Kier molecular flexibility index (Phi) is 7.05. The molecule has 0 unspecified atom stereocenters. The smallest absolute Gasteiger partial charge is 0.252 e. The van der Waals surface area contributed by atoms with Crippen molar-refractivity contribution < 1.29 is 4.79 Å². The van der Waals surface area contributed by atoms with Gasteiger partial charge in [-0.05, 0) is 48.6 Å². The van der Waals surface area contributed by atoms with Crippen LogP contribution in [-0.4, -0.2) is 11.9 Å². The molecule has 28 heavy (non-hydrogen) atoms. The molecular weight excluding hydrogens is 366 g/mol. The fraction of sp³-hybridized carbons (Fsp3) is 0.160. The zero-order valence-corrected chi connectivity index (χ0v) is 16.7. The van der Waals surface area contributed by atoms with Crippen LogP contribution in [0, 0.1) is 0 Å². The van der Waals surface area contributed by atoms with Crippen molar-refractivity contribution in [3.63, 3.8) is 0 Å². The predicted molar refractivity (Wildman–Crippen MR) is 118 cm³/mol. The van der Waals surface area contributed by atoms with Gasteiger partial charge in [-0.1, -0.05) is 90.5 Å². The minimum absolute atomic E-state index is 0.0612. The maximum Gasteiger partial charge on any atom is 0.252 e. The third-order valence-corrected chi connectivity index (χ3v) is 4.97. The second-order valence-electron chi connectivity index (χ2n) is 6.84. The van der Waals surface area contributed by atoms with Gasteiger partial charge in [0.25, 0.3) is 5.91 Å². The van der Waals surface area contributed by atoms with Gasteiger partial charge in [-0.3, -0.25) is 4.79 Å². The lowest BCUT2D eigenvalue weighted by Crippen LogP contribution is -2.33. The van der Waals surface area contributed by atoms with E-state index in [0.717, 1.165) is 24.0 Å². The van der Waals surface area contributed by atoms with Gasteiger partial charge in [-0.2, -0.15) is 0 Å². The lowest BCUT2D eigenvalue weighted by Gasteiger charge is -2.16. The molecule has 3 heteroatoms. The highest BCUT2D eigenvalue weighted by Crippen LogP contribution is 2.23. The van der Waals surface area contributed by atoms with Gasteiger partial charge in [-0.15, -0.1) is 0 Å². The van der Waals surface area contributed by atoms with Gasteiger partial charge in [0.15, 0.2) is 0 Å². The Balaban J connectivity index is 1.76. The highest BCUT2D eigenvalue weighted by atomic mass is 35.5. The van der Waals surface area contributed by atoms with E-state index >= 15 is 0 Å². The number of benzene rings is 3. The van der Waals surface area contributed by atoms with Crippen molar-refractivity contribution in [1.82, 2.24) is 5.32 Å². The molecule has 0 aliphatic heterocycles. The number of hydrogen-bond donors (Lipinski definition) is 1. The molecule has 0 fully saturated rings. The molecule has 0 spiro atoms. The molecule has 0 saturated carbocycles. The fourth-order valence-corrected chi connectivity index (χ4v) is 3.24. The highest BCUT2D eigenvalue weighted by Gasteiger charge is 2.15. The fourth-order valence-electron chi connectivity index (χ4n) is 3.05. The SMILES string of the molecule is C[C@H](CCc1ccccc1)NC(=O)/C(=C/c1ccccc1Cl)c1ccccc1. The molecule has 142 valence electrons. The Bertz CT molecular complexity index is 935. The number of rotatable bonds is 7.